The Morgan fingerprint density at radius 2 is 1.94 bits per heavy atom. The van der Waals surface area contributed by atoms with Gasteiger partial charge in [0, 0.05) is 16.9 Å². The van der Waals surface area contributed by atoms with Crippen molar-refractivity contribution in [3.63, 3.8) is 0 Å². The lowest BCUT2D eigenvalue weighted by atomic mass is 10.1. The summed E-state index contributed by atoms with van der Waals surface area (Å²) in [5, 5.41) is 10.2. The summed E-state index contributed by atoms with van der Waals surface area (Å²) in [4.78, 5) is 21.2. The zero-order valence-corrected chi connectivity index (χ0v) is 17.6. The van der Waals surface area contributed by atoms with Crippen molar-refractivity contribution < 1.29 is 27.8 Å². The van der Waals surface area contributed by atoms with Crippen molar-refractivity contribution in [1.29, 1.82) is 0 Å². The minimum atomic E-state index is -4.41. The number of aromatic nitrogens is 2. The van der Waals surface area contributed by atoms with E-state index in [0.717, 1.165) is 22.3 Å². The zero-order valence-electron chi connectivity index (χ0n) is 16.0. The molecule has 0 aliphatic heterocycles. The summed E-state index contributed by atoms with van der Waals surface area (Å²) >= 11 is 2.60. The molecule has 0 bridgehead atoms. The molecule has 2 aromatic heterocycles. The quantitative estimate of drug-likeness (QED) is 0.389. The van der Waals surface area contributed by atoms with Crippen LogP contribution in [0.4, 0.5) is 13.2 Å². The molecule has 0 amide bonds. The number of fused-ring (bicyclic) bond motifs is 1. The second kappa shape index (κ2) is 8.27. The van der Waals surface area contributed by atoms with Gasteiger partial charge in [-0.3, -0.25) is 0 Å². The van der Waals surface area contributed by atoms with Crippen LogP contribution in [-0.4, -0.2) is 27.1 Å². The smallest absolute Gasteiger partial charge is 0.416 e. The number of ether oxygens (including phenoxy) is 1. The number of hydrogen-bond donors (Lipinski definition) is 1. The van der Waals surface area contributed by atoms with Crippen molar-refractivity contribution in [3.8, 4) is 16.3 Å². The highest BCUT2D eigenvalue weighted by atomic mass is 32.1. The summed E-state index contributed by atoms with van der Waals surface area (Å²) in [5.74, 6) is -0.678. The molecule has 31 heavy (non-hydrogen) atoms. The normalized spacial score (nSPS) is 12.8. The average molecular weight is 464 g/mol. The van der Waals surface area contributed by atoms with Gasteiger partial charge >= 0.3 is 12.1 Å². The number of hydrogen-bond acceptors (Lipinski definition) is 6. The number of carboxylic acids is 1. The van der Waals surface area contributed by atoms with Crippen LogP contribution in [0.3, 0.4) is 0 Å². The maximum Gasteiger partial charge on any atom is 0.416 e. The van der Waals surface area contributed by atoms with Gasteiger partial charge in [0.05, 0.1) is 27.0 Å². The monoisotopic (exact) mass is 464 g/mol. The van der Waals surface area contributed by atoms with Crippen molar-refractivity contribution in [2.24, 2.45) is 0 Å². The number of benzene rings is 2. The SMILES string of the molecule is Cc1nc(-c2ccc(C(F)(F)F)cc2)sc1CC(Oc1cccc2ncsc12)C(=O)O. The maximum atomic E-state index is 12.8. The largest absolute Gasteiger partial charge is 0.478 e. The highest BCUT2D eigenvalue weighted by Crippen LogP contribution is 2.34. The number of aliphatic carboxylic acids is 1. The van der Waals surface area contributed by atoms with E-state index < -0.39 is 23.8 Å². The van der Waals surface area contributed by atoms with Gasteiger partial charge in [0.15, 0.2) is 0 Å². The van der Waals surface area contributed by atoms with Gasteiger partial charge in [0.1, 0.15) is 10.8 Å². The van der Waals surface area contributed by atoms with Gasteiger partial charge in [-0.05, 0) is 31.2 Å². The first-order chi connectivity index (χ1) is 14.7. The van der Waals surface area contributed by atoms with Gasteiger partial charge in [-0.1, -0.05) is 18.2 Å². The molecule has 4 rings (SSSR count). The van der Waals surface area contributed by atoms with Gasteiger partial charge in [-0.15, -0.1) is 22.7 Å². The van der Waals surface area contributed by atoms with Gasteiger partial charge in [-0.2, -0.15) is 13.2 Å². The van der Waals surface area contributed by atoms with Crippen LogP contribution in [0.2, 0.25) is 0 Å². The van der Waals surface area contributed by atoms with E-state index in [1.165, 1.54) is 34.8 Å². The number of nitrogens with zero attached hydrogens (tertiary/aromatic N) is 2. The van der Waals surface area contributed by atoms with E-state index in [1.807, 2.05) is 6.07 Å². The molecule has 2 heterocycles. The van der Waals surface area contributed by atoms with E-state index in [1.54, 1.807) is 24.6 Å². The Balaban J connectivity index is 1.57. The summed E-state index contributed by atoms with van der Waals surface area (Å²) in [6, 6.07) is 10.00. The molecule has 160 valence electrons. The first kappa shape index (κ1) is 21.3. The molecular formula is C21H15F3N2O3S2. The summed E-state index contributed by atoms with van der Waals surface area (Å²) in [5.41, 5.74) is 2.81. The van der Waals surface area contributed by atoms with Gasteiger partial charge in [-0.25, -0.2) is 14.8 Å². The Hall–Kier alpha value is -2.98. The van der Waals surface area contributed by atoms with Crippen LogP contribution in [0.1, 0.15) is 16.1 Å². The number of thiazole rings is 2. The van der Waals surface area contributed by atoms with Crippen molar-refractivity contribution in [2.75, 3.05) is 0 Å². The Kier molecular flexibility index (Phi) is 5.67. The average Bonchev–Trinajstić information content (AvgIpc) is 3.34. The van der Waals surface area contributed by atoms with Gasteiger partial charge < -0.3 is 9.84 Å². The number of alkyl halides is 3. The number of aryl methyl sites for hydroxylation is 1. The molecule has 1 N–H and O–H groups in total. The van der Waals surface area contributed by atoms with Gasteiger partial charge in [0.2, 0.25) is 6.10 Å². The standard InChI is InChI=1S/C21H15F3N2O3S2/c1-11-17(31-19(26-11)12-5-7-13(8-6-12)21(22,23)24)9-16(20(27)28)29-15-4-2-3-14-18(15)30-10-25-14/h2-8,10,16H,9H2,1H3,(H,27,28). The lowest BCUT2D eigenvalue weighted by Crippen LogP contribution is -2.29. The molecule has 10 heteroatoms. The topological polar surface area (TPSA) is 72.3 Å². The highest BCUT2D eigenvalue weighted by Gasteiger charge is 2.30. The van der Waals surface area contributed by atoms with E-state index in [9.17, 15) is 23.1 Å². The van der Waals surface area contributed by atoms with Crippen molar-refractivity contribution in [2.45, 2.75) is 25.6 Å². The van der Waals surface area contributed by atoms with E-state index in [4.69, 9.17) is 4.74 Å². The van der Waals surface area contributed by atoms with Crippen molar-refractivity contribution >= 4 is 38.9 Å². The predicted octanol–water partition coefficient (Wildman–Crippen LogP) is 5.82. The summed E-state index contributed by atoms with van der Waals surface area (Å²) in [7, 11) is 0. The van der Waals surface area contributed by atoms with E-state index >= 15 is 0 Å². The minimum Gasteiger partial charge on any atom is -0.478 e. The Morgan fingerprint density at radius 3 is 2.61 bits per heavy atom. The highest BCUT2D eigenvalue weighted by molar-refractivity contribution is 7.17. The van der Waals surface area contributed by atoms with Crippen LogP contribution in [0.25, 0.3) is 20.8 Å². The fraction of sp³-hybridized carbons (Fsp3) is 0.190. The van der Waals surface area contributed by atoms with Crippen LogP contribution in [0.5, 0.6) is 5.75 Å². The Morgan fingerprint density at radius 1 is 1.19 bits per heavy atom. The maximum absolute atomic E-state index is 12.8. The Labute approximate surface area is 182 Å². The first-order valence-corrected chi connectivity index (χ1v) is 10.8. The molecule has 0 aliphatic carbocycles. The molecule has 0 radical (unpaired) electrons. The zero-order chi connectivity index (χ0) is 22.2. The van der Waals surface area contributed by atoms with E-state index in [-0.39, 0.29) is 6.42 Å². The van der Waals surface area contributed by atoms with E-state index in [0.29, 0.717) is 26.9 Å². The molecule has 0 spiro atoms. The fourth-order valence-electron chi connectivity index (χ4n) is 3.00. The van der Waals surface area contributed by atoms with Crippen LogP contribution in [-0.2, 0) is 17.4 Å². The second-order valence-corrected chi connectivity index (χ2v) is 8.65. The predicted molar refractivity (Wildman–Crippen MR) is 113 cm³/mol. The van der Waals surface area contributed by atoms with E-state index in [2.05, 4.69) is 9.97 Å². The third kappa shape index (κ3) is 4.54. The lowest BCUT2D eigenvalue weighted by Gasteiger charge is -2.15. The molecule has 2 aromatic carbocycles. The molecular weight excluding hydrogens is 449 g/mol. The number of carboxylic acid groups (broad SMARTS) is 1. The third-order valence-electron chi connectivity index (χ3n) is 4.59. The fourth-order valence-corrected chi connectivity index (χ4v) is 4.84. The molecule has 0 saturated carbocycles. The molecule has 1 atom stereocenters. The molecule has 5 nitrogen and oxygen atoms in total. The van der Waals surface area contributed by atoms with Crippen LogP contribution < -0.4 is 4.74 Å². The third-order valence-corrected chi connectivity index (χ3v) is 6.67. The number of rotatable bonds is 6. The molecule has 1 unspecified atom stereocenters. The summed E-state index contributed by atoms with van der Waals surface area (Å²) in [6.45, 7) is 1.74. The summed E-state index contributed by atoms with van der Waals surface area (Å²) < 4.78 is 44.9. The first-order valence-electron chi connectivity index (χ1n) is 9.08. The minimum absolute atomic E-state index is 0.0780. The Bertz CT molecular complexity index is 1230. The lowest BCUT2D eigenvalue weighted by molar-refractivity contribution is -0.145. The molecule has 0 fully saturated rings. The summed E-state index contributed by atoms with van der Waals surface area (Å²) in [6.07, 6.45) is -5.48. The van der Waals surface area contributed by atoms with Crippen LogP contribution >= 0.6 is 22.7 Å². The van der Waals surface area contributed by atoms with Crippen LogP contribution in [0.15, 0.2) is 48.0 Å². The van der Waals surface area contributed by atoms with Crippen molar-refractivity contribution in [3.05, 3.63) is 64.1 Å². The number of carbonyl (C=O) groups is 1. The number of halogens is 3. The molecule has 0 aliphatic rings. The van der Waals surface area contributed by atoms with Crippen molar-refractivity contribution in [1.82, 2.24) is 9.97 Å². The second-order valence-electron chi connectivity index (χ2n) is 6.71. The van der Waals surface area contributed by atoms with Crippen LogP contribution in [0, 0.1) is 6.92 Å². The van der Waals surface area contributed by atoms with Gasteiger partial charge in [0.25, 0.3) is 0 Å². The molecule has 4 aromatic rings. The molecule has 0 saturated heterocycles.